The fraction of sp³-hybridized carbons (Fsp3) is 0.231. The van der Waals surface area contributed by atoms with Crippen LogP contribution in [-0.2, 0) is 9.59 Å². The Morgan fingerprint density at radius 3 is 2.39 bits per heavy atom. The van der Waals surface area contributed by atoms with Crippen molar-refractivity contribution in [1.29, 1.82) is 0 Å². The Morgan fingerprint density at radius 1 is 1.22 bits per heavy atom. The van der Waals surface area contributed by atoms with E-state index < -0.39 is 29.9 Å². The summed E-state index contributed by atoms with van der Waals surface area (Å²) in [7, 11) is 0. The summed E-state index contributed by atoms with van der Waals surface area (Å²) in [6, 6.07) is 2.05. The van der Waals surface area contributed by atoms with Crippen LogP contribution in [0.3, 0.4) is 0 Å². The molecule has 0 saturated carbocycles. The first kappa shape index (κ1) is 18.1. The van der Waals surface area contributed by atoms with Crippen LogP contribution in [0.5, 0.6) is 5.75 Å². The number of nitrogen functional groups attached to an aromatic ring is 1. The van der Waals surface area contributed by atoms with E-state index in [0.717, 1.165) is 18.2 Å². The van der Waals surface area contributed by atoms with Gasteiger partial charge in [-0.3, -0.25) is 19.8 Å². The van der Waals surface area contributed by atoms with E-state index in [-0.39, 0.29) is 29.7 Å². The number of carboxylic acid groups (broad SMARTS) is 2. The molecule has 0 fully saturated rings. The van der Waals surface area contributed by atoms with Gasteiger partial charge in [0.1, 0.15) is 11.8 Å². The van der Waals surface area contributed by atoms with Crippen molar-refractivity contribution in [2.75, 3.05) is 0 Å². The second-order valence-electron chi connectivity index (χ2n) is 4.45. The van der Waals surface area contributed by atoms with Gasteiger partial charge >= 0.3 is 17.9 Å². The molecule has 10 nitrogen and oxygen atoms in total. The van der Waals surface area contributed by atoms with Crippen LogP contribution in [-0.4, -0.2) is 40.1 Å². The molecule has 1 amide bonds. The molecule has 0 aliphatic heterocycles. The number of hydrazine groups is 1. The number of rotatable bonds is 7. The number of hydrogen-bond acceptors (Lipinski definition) is 7. The number of aliphatic carboxylic acids is 1. The number of hydrogen-bond donors (Lipinski definition) is 5. The number of carbonyl (C=O) groups excluding carboxylic acids is 2. The van der Waals surface area contributed by atoms with Gasteiger partial charge in [-0.25, -0.2) is 10.6 Å². The molecule has 0 spiro atoms. The lowest BCUT2D eigenvalue weighted by Gasteiger charge is -2.11. The van der Waals surface area contributed by atoms with Crippen molar-refractivity contribution in [3.05, 3.63) is 29.3 Å². The van der Waals surface area contributed by atoms with Crippen molar-refractivity contribution >= 4 is 23.8 Å². The van der Waals surface area contributed by atoms with E-state index in [9.17, 15) is 19.2 Å². The average Bonchev–Trinajstić information content (AvgIpc) is 2.51. The van der Waals surface area contributed by atoms with Crippen molar-refractivity contribution < 1.29 is 34.1 Å². The first-order valence-electron chi connectivity index (χ1n) is 6.33. The van der Waals surface area contributed by atoms with Crippen molar-refractivity contribution in [2.24, 2.45) is 11.6 Å². The molecule has 7 N–H and O–H groups in total. The molecule has 23 heavy (non-hydrogen) atoms. The van der Waals surface area contributed by atoms with Crippen molar-refractivity contribution in [2.45, 2.75) is 18.9 Å². The van der Waals surface area contributed by atoms with Crippen LogP contribution in [0.25, 0.3) is 0 Å². The van der Waals surface area contributed by atoms with Crippen LogP contribution in [0.4, 0.5) is 0 Å². The summed E-state index contributed by atoms with van der Waals surface area (Å²) in [4.78, 5) is 44.8. The number of ether oxygens (including phenoxy) is 1. The summed E-state index contributed by atoms with van der Waals surface area (Å²) in [6.07, 6.45) is -0.447. The van der Waals surface area contributed by atoms with Gasteiger partial charge in [0.15, 0.2) is 0 Å². The molecule has 0 aliphatic rings. The van der Waals surface area contributed by atoms with Gasteiger partial charge in [-0.2, -0.15) is 0 Å². The molecular weight excluding hydrogens is 310 g/mol. The first-order chi connectivity index (χ1) is 10.8. The lowest BCUT2D eigenvalue weighted by Crippen LogP contribution is -2.32. The molecular formula is C13H15N3O7. The summed E-state index contributed by atoms with van der Waals surface area (Å²) in [5.41, 5.74) is 6.62. The summed E-state index contributed by atoms with van der Waals surface area (Å²) in [5.74, 6) is 0.584. The van der Waals surface area contributed by atoms with Gasteiger partial charge in [-0.15, -0.1) is 0 Å². The third kappa shape index (κ3) is 5.05. The van der Waals surface area contributed by atoms with Crippen LogP contribution >= 0.6 is 0 Å². The van der Waals surface area contributed by atoms with Crippen LogP contribution < -0.4 is 21.7 Å². The Labute approximate surface area is 130 Å². The van der Waals surface area contributed by atoms with Crippen LogP contribution in [0.2, 0.25) is 0 Å². The molecule has 1 atom stereocenters. The highest BCUT2D eigenvalue weighted by molar-refractivity contribution is 6.00. The van der Waals surface area contributed by atoms with E-state index in [1.54, 1.807) is 5.43 Å². The van der Waals surface area contributed by atoms with E-state index in [1.165, 1.54) is 0 Å². The third-order valence-electron chi connectivity index (χ3n) is 2.80. The molecule has 10 heteroatoms. The molecule has 0 aromatic heterocycles. The van der Waals surface area contributed by atoms with Gasteiger partial charge in [0.25, 0.3) is 5.91 Å². The summed E-state index contributed by atoms with van der Waals surface area (Å²) in [5, 5.41) is 17.5. The Kier molecular flexibility index (Phi) is 6.18. The van der Waals surface area contributed by atoms with Gasteiger partial charge < -0.3 is 20.7 Å². The molecule has 0 aliphatic carbocycles. The highest BCUT2D eigenvalue weighted by atomic mass is 16.5. The fourth-order valence-corrected chi connectivity index (χ4v) is 1.58. The number of esters is 1. The number of aromatic carboxylic acids is 1. The Hall–Kier alpha value is -2.98. The largest absolute Gasteiger partial charge is 0.480 e. The number of carbonyl (C=O) groups is 4. The van der Waals surface area contributed by atoms with Gasteiger partial charge in [0, 0.05) is 6.42 Å². The van der Waals surface area contributed by atoms with Gasteiger partial charge in [-0.1, -0.05) is 0 Å². The first-order valence-corrected chi connectivity index (χ1v) is 6.33. The Morgan fingerprint density at radius 2 is 1.87 bits per heavy atom. The van der Waals surface area contributed by atoms with Gasteiger partial charge in [0.2, 0.25) is 0 Å². The molecule has 0 unspecified atom stereocenters. The van der Waals surface area contributed by atoms with Crippen LogP contribution in [0.1, 0.15) is 33.6 Å². The zero-order chi connectivity index (χ0) is 17.6. The third-order valence-corrected chi connectivity index (χ3v) is 2.80. The maximum atomic E-state index is 11.7. The summed E-state index contributed by atoms with van der Waals surface area (Å²) >= 11 is 0. The minimum atomic E-state index is -1.28. The van der Waals surface area contributed by atoms with E-state index in [0.29, 0.717) is 0 Å². The number of carboxylic acids is 2. The maximum absolute atomic E-state index is 11.7. The molecule has 1 rings (SSSR count). The minimum Gasteiger partial charge on any atom is -0.480 e. The average molecular weight is 325 g/mol. The predicted octanol–water partition coefficient (Wildman–Crippen LogP) is -0.914. The number of nitrogens with two attached hydrogens (primary N) is 2. The van der Waals surface area contributed by atoms with E-state index in [4.69, 9.17) is 26.5 Å². The minimum absolute atomic E-state index is 0.153. The second-order valence-corrected chi connectivity index (χ2v) is 4.45. The fourth-order valence-electron chi connectivity index (χ4n) is 1.58. The van der Waals surface area contributed by atoms with Crippen molar-refractivity contribution in [3.63, 3.8) is 0 Å². The van der Waals surface area contributed by atoms with Gasteiger partial charge in [0.05, 0.1) is 11.1 Å². The van der Waals surface area contributed by atoms with E-state index in [1.807, 2.05) is 0 Å². The maximum Gasteiger partial charge on any atom is 0.335 e. The molecule has 0 saturated heterocycles. The lowest BCUT2D eigenvalue weighted by atomic mass is 10.1. The van der Waals surface area contributed by atoms with Gasteiger partial charge in [-0.05, 0) is 24.6 Å². The number of nitrogens with one attached hydrogen (secondary N) is 1. The SMILES string of the molecule is NNC(=O)c1cc(C(=O)O)ccc1OC(=O)CC[C@H](N)C(=O)O. The zero-order valence-corrected chi connectivity index (χ0v) is 11.8. The van der Waals surface area contributed by atoms with E-state index >= 15 is 0 Å². The lowest BCUT2D eigenvalue weighted by molar-refractivity contribution is -0.139. The second kappa shape index (κ2) is 7.87. The van der Waals surface area contributed by atoms with Crippen LogP contribution in [0, 0.1) is 0 Å². The predicted molar refractivity (Wildman–Crippen MR) is 75.5 cm³/mol. The monoisotopic (exact) mass is 325 g/mol. The number of benzene rings is 1. The normalized spacial score (nSPS) is 11.4. The summed E-state index contributed by atoms with van der Waals surface area (Å²) in [6.45, 7) is 0. The zero-order valence-electron chi connectivity index (χ0n) is 11.8. The van der Waals surface area contributed by atoms with E-state index in [2.05, 4.69) is 0 Å². The standard InChI is InChI=1S/C13H15N3O7/c14-8(13(21)22)2-4-10(17)23-9-3-1-6(12(19)20)5-7(9)11(18)16-15/h1,3,5,8H,2,4,14-15H2,(H,16,18)(H,19,20)(H,21,22)/t8-/m0/s1. The molecule has 0 heterocycles. The highest BCUT2D eigenvalue weighted by Gasteiger charge is 2.19. The van der Waals surface area contributed by atoms with Crippen molar-refractivity contribution in [3.8, 4) is 5.75 Å². The molecule has 0 bridgehead atoms. The quantitative estimate of drug-likeness (QED) is 0.139. The smallest absolute Gasteiger partial charge is 0.335 e. The topological polar surface area (TPSA) is 182 Å². The Balaban J connectivity index is 2.90. The molecule has 0 radical (unpaired) electrons. The highest BCUT2D eigenvalue weighted by Crippen LogP contribution is 2.21. The Bertz CT molecular complexity index is 644. The molecule has 1 aromatic rings. The van der Waals surface area contributed by atoms with Crippen molar-refractivity contribution in [1.82, 2.24) is 5.43 Å². The number of amides is 1. The van der Waals surface area contributed by atoms with Crippen LogP contribution in [0.15, 0.2) is 18.2 Å². The molecule has 124 valence electrons. The molecule has 1 aromatic carbocycles. The summed E-state index contributed by atoms with van der Waals surface area (Å²) < 4.78 is 4.94.